The fourth-order valence-electron chi connectivity index (χ4n) is 2.11. The van der Waals surface area contributed by atoms with Crippen molar-refractivity contribution in [3.63, 3.8) is 0 Å². The van der Waals surface area contributed by atoms with Crippen LogP contribution < -0.4 is 0 Å². The topological polar surface area (TPSA) is 55.1 Å². The molecule has 0 amide bonds. The number of carbonyl (C=O) groups is 1. The largest absolute Gasteiger partial charge is 0.507 e. The zero-order valence-corrected chi connectivity index (χ0v) is 12.5. The van der Waals surface area contributed by atoms with Crippen LogP contribution in [0.3, 0.4) is 0 Å². The van der Waals surface area contributed by atoms with Gasteiger partial charge in [0.1, 0.15) is 5.75 Å². The van der Waals surface area contributed by atoms with Gasteiger partial charge < -0.3 is 5.11 Å². The molecule has 0 saturated heterocycles. The number of hydrogen-bond acceptors (Lipinski definition) is 3. The van der Waals surface area contributed by atoms with Crippen LogP contribution in [0.1, 0.15) is 33.7 Å². The van der Waals surface area contributed by atoms with Crippen LogP contribution in [0.15, 0.2) is 18.2 Å². The summed E-state index contributed by atoms with van der Waals surface area (Å²) >= 11 is 6.07. The van der Waals surface area contributed by atoms with E-state index in [0.29, 0.717) is 17.1 Å². The predicted molar refractivity (Wildman–Crippen MR) is 78.5 cm³/mol. The van der Waals surface area contributed by atoms with Crippen molar-refractivity contribution >= 4 is 17.4 Å². The Kier molecular flexibility index (Phi) is 4.14. The number of aryl methyl sites for hydroxylation is 3. The molecule has 0 radical (unpaired) electrons. The van der Waals surface area contributed by atoms with E-state index in [1.54, 1.807) is 22.9 Å². The average molecular weight is 293 g/mol. The minimum absolute atomic E-state index is 0.0204. The van der Waals surface area contributed by atoms with Crippen LogP contribution in [0.2, 0.25) is 5.02 Å². The smallest absolute Gasteiger partial charge is 0.168 e. The summed E-state index contributed by atoms with van der Waals surface area (Å²) in [6.45, 7) is 6.04. The monoisotopic (exact) mass is 292 g/mol. The summed E-state index contributed by atoms with van der Waals surface area (Å²) in [6, 6.07) is 5.02. The number of aromatic nitrogens is 2. The minimum atomic E-state index is -0.102. The van der Waals surface area contributed by atoms with Gasteiger partial charge in [-0.1, -0.05) is 23.2 Å². The SMILES string of the molecule is Cc1ccc(O)c(C(=O)CCn2nc(C)c(Cl)c2C)c1. The number of nitrogens with zero attached hydrogens (tertiary/aromatic N) is 2. The summed E-state index contributed by atoms with van der Waals surface area (Å²) in [5.41, 5.74) is 2.92. The van der Waals surface area contributed by atoms with E-state index in [2.05, 4.69) is 5.10 Å². The molecule has 0 unspecified atom stereocenters. The third-order valence-corrected chi connectivity index (χ3v) is 3.84. The van der Waals surface area contributed by atoms with Crippen LogP contribution in [0.4, 0.5) is 0 Å². The molecular formula is C15H17ClN2O2. The Morgan fingerprint density at radius 3 is 2.65 bits per heavy atom. The first-order valence-corrected chi connectivity index (χ1v) is 6.80. The molecule has 0 aliphatic rings. The fraction of sp³-hybridized carbons (Fsp3) is 0.333. The van der Waals surface area contributed by atoms with Crippen molar-refractivity contribution in [2.45, 2.75) is 33.7 Å². The highest BCUT2D eigenvalue weighted by Crippen LogP contribution is 2.22. The quantitative estimate of drug-likeness (QED) is 0.878. The summed E-state index contributed by atoms with van der Waals surface area (Å²) in [4.78, 5) is 12.2. The van der Waals surface area contributed by atoms with Gasteiger partial charge in [-0.3, -0.25) is 9.48 Å². The van der Waals surface area contributed by atoms with Gasteiger partial charge in [-0.2, -0.15) is 5.10 Å². The van der Waals surface area contributed by atoms with E-state index >= 15 is 0 Å². The molecule has 2 rings (SSSR count). The molecule has 0 atom stereocenters. The number of carbonyl (C=O) groups excluding carboxylic acids is 1. The lowest BCUT2D eigenvalue weighted by atomic mass is 10.0. The lowest BCUT2D eigenvalue weighted by Gasteiger charge is -2.06. The molecule has 0 fully saturated rings. The van der Waals surface area contributed by atoms with Crippen molar-refractivity contribution in [3.05, 3.63) is 45.7 Å². The molecule has 0 aliphatic carbocycles. The number of aromatic hydroxyl groups is 1. The van der Waals surface area contributed by atoms with Crippen molar-refractivity contribution in [3.8, 4) is 5.75 Å². The van der Waals surface area contributed by atoms with Gasteiger partial charge in [0.15, 0.2) is 5.78 Å². The second-order valence-corrected chi connectivity index (χ2v) is 5.28. The molecule has 0 bridgehead atoms. The summed E-state index contributed by atoms with van der Waals surface area (Å²) < 4.78 is 1.72. The molecule has 2 aromatic rings. The molecule has 1 N–H and O–H groups in total. The number of benzene rings is 1. The van der Waals surface area contributed by atoms with Gasteiger partial charge in [0.2, 0.25) is 0 Å². The molecule has 5 heteroatoms. The van der Waals surface area contributed by atoms with Crippen LogP contribution in [-0.4, -0.2) is 20.7 Å². The molecule has 0 saturated carbocycles. The van der Waals surface area contributed by atoms with E-state index in [9.17, 15) is 9.90 Å². The summed E-state index contributed by atoms with van der Waals surface area (Å²) in [5, 5.41) is 14.7. The molecular weight excluding hydrogens is 276 g/mol. The zero-order valence-electron chi connectivity index (χ0n) is 11.8. The summed E-state index contributed by atoms with van der Waals surface area (Å²) in [5.74, 6) is -0.0816. The molecule has 1 heterocycles. The highest BCUT2D eigenvalue weighted by Gasteiger charge is 2.14. The fourth-order valence-corrected chi connectivity index (χ4v) is 2.24. The summed E-state index contributed by atoms with van der Waals surface area (Å²) in [6.07, 6.45) is 0.273. The standard InChI is InChI=1S/C15H17ClN2O2/c1-9-4-5-13(19)12(8-9)14(20)6-7-18-11(3)15(16)10(2)17-18/h4-5,8,19H,6-7H2,1-3H3. The van der Waals surface area contributed by atoms with E-state index in [0.717, 1.165) is 17.0 Å². The highest BCUT2D eigenvalue weighted by molar-refractivity contribution is 6.31. The number of phenols is 1. The molecule has 20 heavy (non-hydrogen) atoms. The average Bonchev–Trinajstić information content (AvgIpc) is 2.66. The minimum Gasteiger partial charge on any atom is -0.507 e. The maximum Gasteiger partial charge on any atom is 0.168 e. The van der Waals surface area contributed by atoms with Crippen LogP contribution in [0.5, 0.6) is 5.75 Å². The maximum absolute atomic E-state index is 12.2. The number of ketones is 1. The zero-order chi connectivity index (χ0) is 14.9. The van der Waals surface area contributed by atoms with Crippen molar-refractivity contribution in [1.29, 1.82) is 0 Å². The molecule has 4 nitrogen and oxygen atoms in total. The Balaban J connectivity index is 2.12. The highest BCUT2D eigenvalue weighted by atomic mass is 35.5. The van der Waals surface area contributed by atoms with E-state index in [4.69, 9.17) is 11.6 Å². The normalized spacial score (nSPS) is 10.8. The van der Waals surface area contributed by atoms with Gasteiger partial charge >= 0.3 is 0 Å². The van der Waals surface area contributed by atoms with Gasteiger partial charge in [-0.15, -0.1) is 0 Å². The lowest BCUT2D eigenvalue weighted by Crippen LogP contribution is -2.09. The van der Waals surface area contributed by atoms with E-state index in [1.807, 2.05) is 20.8 Å². The van der Waals surface area contributed by atoms with E-state index in [-0.39, 0.29) is 18.0 Å². The summed E-state index contributed by atoms with van der Waals surface area (Å²) in [7, 11) is 0. The van der Waals surface area contributed by atoms with Crippen LogP contribution in [0, 0.1) is 20.8 Å². The third kappa shape index (κ3) is 2.85. The first kappa shape index (κ1) is 14.6. The van der Waals surface area contributed by atoms with E-state index < -0.39 is 0 Å². The molecule has 1 aromatic carbocycles. The van der Waals surface area contributed by atoms with Crippen molar-refractivity contribution in [2.75, 3.05) is 0 Å². The number of rotatable bonds is 4. The first-order chi connectivity index (χ1) is 9.40. The number of halogens is 1. The lowest BCUT2D eigenvalue weighted by molar-refractivity contribution is 0.0972. The number of Topliss-reactive ketones (excluding diaryl/α,β-unsaturated/α-hetero) is 1. The Hall–Kier alpha value is -1.81. The molecule has 0 aliphatic heterocycles. The Bertz CT molecular complexity index is 662. The first-order valence-electron chi connectivity index (χ1n) is 6.42. The van der Waals surface area contributed by atoms with Gasteiger partial charge in [0.05, 0.1) is 22.0 Å². The third-order valence-electron chi connectivity index (χ3n) is 3.30. The second kappa shape index (κ2) is 5.67. The van der Waals surface area contributed by atoms with Gasteiger partial charge in [0, 0.05) is 13.0 Å². The van der Waals surface area contributed by atoms with Crippen molar-refractivity contribution in [2.24, 2.45) is 0 Å². The maximum atomic E-state index is 12.2. The van der Waals surface area contributed by atoms with Crippen LogP contribution in [0.25, 0.3) is 0 Å². The number of phenolic OH excluding ortho intramolecular Hbond substituents is 1. The van der Waals surface area contributed by atoms with Gasteiger partial charge in [-0.25, -0.2) is 0 Å². The van der Waals surface area contributed by atoms with E-state index in [1.165, 1.54) is 0 Å². The molecule has 106 valence electrons. The Labute approximate surface area is 123 Å². The number of hydrogen-bond donors (Lipinski definition) is 1. The Morgan fingerprint density at radius 2 is 2.05 bits per heavy atom. The molecule has 1 aromatic heterocycles. The Morgan fingerprint density at radius 1 is 1.35 bits per heavy atom. The molecule has 0 spiro atoms. The van der Waals surface area contributed by atoms with Gasteiger partial charge in [0.25, 0.3) is 0 Å². The predicted octanol–water partition coefficient (Wildman–Crippen LogP) is 3.44. The van der Waals surface area contributed by atoms with Crippen LogP contribution in [-0.2, 0) is 6.54 Å². The van der Waals surface area contributed by atoms with Crippen LogP contribution >= 0.6 is 11.6 Å². The van der Waals surface area contributed by atoms with Gasteiger partial charge in [-0.05, 0) is 32.9 Å². The second-order valence-electron chi connectivity index (χ2n) is 4.90. The van der Waals surface area contributed by atoms with Crippen molar-refractivity contribution in [1.82, 2.24) is 9.78 Å². The van der Waals surface area contributed by atoms with Crippen molar-refractivity contribution < 1.29 is 9.90 Å².